The van der Waals surface area contributed by atoms with Gasteiger partial charge in [0.1, 0.15) is 22.8 Å². The zero-order valence-corrected chi connectivity index (χ0v) is 18.0. The van der Waals surface area contributed by atoms with Crippen LogP contribution in [0.25, 0.3) is 10.9 Å². The molecule has 2 amide bonds. The molecule has 9 nitrogen and oxygen atoms in total. The predicted octanol–water partition coefficient (Wildman–Crippen LogP) is 4.60. The summed E-state index contributed by atoms with van der Waals surface area (Å²) in [6.45, 7) is 1.92. The van der Waals surface area contributed by atoms with E-state index < -0.39 is 0 Å². The molecule has 164 valence electrons. The number of ether oxygens (including phenoxy) is 2. The van der Waals surface area contributed by atoms with Crippen LogP contribution in [-0.2, 0) is 0 Å². The molecule has 4 N–H and O–H groups in total. The summed E-state index contributed by atoms with van der Waals surface area (Å²) in [5.41, 5.74) is 2.37. The molecular weight excluding hydrogens is 408 g/mol. The number of rotatable bonds is 7. The number of carbonyl (C=O) groups is 1. The Kier molecular flexibility index (Phi) is 6.07. The number of benzene rings is 2. The van der Waals surface area contributed by atoms with Gasteiger partial charge >= 0.3 is 6.03 Å². The molecule has 2 aromatic carbocycles. The second-order valence-corrected chi connectivity index (χ2v) is 7.07. The van der Waals surface area contributed by atoms with E-state index in [0.29, 0.717) is 39.9 Å². The van der Waals surface area contributed by atoms with Gasteiger partial charge in [0.25, 0.3) is 0 Å². The van der Waals surface area contributed by atoms with Crippen LogP contribution in [0.15, 0.2) is 60.7 Å². The molecule has 4 aromatic rings. The van der Waals surface area contributed by atoms with Crippen LogP contribution in [0.1, 0.15) is 18.5 Å². The molecule has 0 saturated heterocycles. The lowest BCUT2D eigenvalue weighted by molar-refractivity contribution is 0.249. The molecule has 4 rings (SSSR count). The van der Waals surface area contributed by atoms with Gasteiger partial charge in [-0.3, -0.25) is 10.4 Å². The van der Waals surface area contributed by atoms with E-state index in [0.717, 1.165) is 5.56 Å². The molecule has 32 heavy (non-hydrogen) atoms. The molecule has 1 atom stereocenters. The standard InChI is InChI=1S/C23H24N6O3/c1-14(15-9-5-4-6-10-15)24-23(30)27-19-13-17-20(22(32-3)29-28-17)21(26-19)25-16-11-7-8-12-18(16)31-2/h4-14H,1-3H3,(H,28,29)(H3,24,25,26,27,30). The first-order chi connectivity index (χ1) is 15.6. The van der Waals surface area contributed by atoms with Gasteiger partial charge in [0.15, 0.2) is 0 Å². The molecule has 9 heteroatoms. The average molecular weight is 432 g/mol. The molecule has 0 bridgehead atoms. The summed E-state index contributed by atoms with van der Waals surface area (Å²) in [6, 6.07) is 18.3. The van der Waals surface area contributed by atoms with E-state index in [4.69, 9.17) is 9.47 Å². The molecule has 0 spiro atoms. The summed E-state index contributed by atoms with van der Waals surface area (Å²) in [4.78, 5) is 17.2. The summed E-state index contributed by atoms with van der Waals surface area (Å²) in [7, 11) is 3.13. The lowest BCUT2D eigenvalue weighted by Gasteiger charge is -2.16. The second kappa shape index (κ2) is 9.25. The number of aromatic nitrogens is 3. The zero-order valence-electron chi connectivity index (χ0n) is 18.0. The Bertz CT molecular complexity index is 1230. The Hall–Kier alpha value is -4.27. The van der Waals surface area contributed by atoms with Crippen molar-refractivity contribution in [3.63, 3.8) is 0 Å². The number of anilines is 3. The highest BCUT2D eigenvalue weighted by Crippen LogP contribution is 2.35. The van der Waals surface area contributed by atoms with Gasteiger partial charge in [0, 0.05) is 6.07 Å². The number of carbonyl (C=O) groups excluding carboxylic acids is 1. The Morgan fingerprint density at radius 1 is 1.03 bits per heavy atom. The summed E-state index contributed by atoms with van der Waals surface area (Å²) in [5, 5.41) is 16.7. The summed E-state index contributed by atoms with van der Waals surface area (Å²) >= 11 is 0. The van der Waals surface area contributed by atoms with Gasteiger partial charge in [-0.1, -0.05) is 42.5 Å². The SMILES string of the molecule is COc1ccccc1Nc1nc(NC(=O)NC(C)c2ccccc2)cc2[nH]nc(OC)c12. The molecule has 0 aliphatic carbocycles. The molecule has 0 fully saturated rings. The minimum absolute atomic E-state index is 0.168. The van der Waals surface area contributed by atoms with Crippen molar-refractivity contribution in [1.29, 1.82) is 0 Å². The maximum atomic E-state index is 12.6. The maximum absolute atomic E-state index is 12.6. The van der Waals surface area contributed by atoms with Gasteiger partial charge in [-0.05, 0) is 24.6 Å². The first-order valence-corrected chi connectivity index (χ1v) is 10.0. The lowest BCUT2D eigenvalue weighted by atomic mass is 10.1. The third-order valence-electron chi connectivity index (χ3n) is 4.95. The van der Waals surface area contributed by atoms with Crippen LogP contribution in [0.2, 0.25) is 0 Å². The van der Waals surface area contributed by atoms with E-state index >= 15 is 0 Å². The van der Waals surface area contributed by atoms with Gasteiger partial charge in [0.05, 0.1) is 31.5 Å². The molecule has 1 unspecified atom stereocenters. The monoisotopic (exact) mass is 432 g/mol. The van der Waals surface area contributed by atoms with Crippen LogP contribution >= 0.6 is 0 Å². The number of para-hydroxylation sites is 2. The maximum Gasteiger partial charge on any atom is 0.320 e. The number of methoxy groups -OCH3 is 2. The van der Waals surface area contributed by atoms with Crippen LogP contribution in [0.3, 0.4) is 0 Å². The number of urea groups is 1. The second-order valence-electron chi connectivity index (χ2n) is 7.07. The van der Waals surface area contributed by atoms with Crippen molar-refractivity contribution >= 4 is 34.3 Å². The van der Waals surface area contributed by atoms with Crippen molar-refractivity contribution in [2.75, 3.05) is 24.9 Å². The minimum atomic E-state index is -0.372. The first kappa shape index (κ1) is 21.0. The highest BCUT2D eigenvalue weighted by molar-refractivity contribution is 5.99. The van der Waals surface area contributed by atoms with E-state index in [9.17, 15) is 4.79 Å². The Morgan fingerprint density at radius 3 is 2.53 bits per heavy atom. The van der Waals surface area contributed by atoms with Crippen LogP contribution in [-0.4, -0.2) is 35.4 Å². The van der Waals surface area contributed by atoms with Crippen molar-refractivity contribution in [1.82, 2.24) is 20.5 Å². The third-order valence-corrected chi connectivity index (χ3v) is 4.95. The number of aromatic amines is 1. The smallest absolute Gasteiger partial charge is 0.320 e. The number of fused-ring (bicyclic) bond motifs is 1. The van der Waals surface area contributed by atoms with E-state index in [-0.39, 0.29) is 12.1 Å². The highest BCUT2D eigenvalue weighted by atomic mass is 16.5. The fraction of sp³-hybridized carbons (Fsp3) is 0.174. The van der Waals surface area contributed by atoms with Crippen LogP contribution < -0.4 is 25.4 Å². The van der Waals surface area contributed by atoms with Crippen LogP contribution in [0.4, 0.5) is 22.1 Å². The molecule has 0 saturated carbocycles. The zero-order chi connectivity index (χ0) is 22.5. The van der Waals surface area contributed by atoms with Crippen molar-refractivity contribution in [3.05, 3.63) is 66.2 Å². The molecule has 0 aliphatic rings. The van der Waals surface area contributed by atoms with E-state index in [2.05, 4.69) is 31.1 Å². The lowest BCUT2D eigenvalue weighted by Crippen LogP contribution is -2.31. The molecule has 0 radical (unpaired) electrons. The Labute approximate surface area is 185 Å². The fourth-order valence-electron chi connectivity index (χ4n) is 3.37. The number of pyridine rings is 1. The van der Waals surface area contributed by atoms with Crippen molar-refractivity contribution in [2.45, 2.75) is 13.0 Å². The topological polar surface area (TPSA) is 113 Å². The number of nitrogens with one attached hydrogen (secondary N) is 4. The van der Waals surface area contributed by atoms with Crippen molar-refractivity contribution < 1.29 is 14.3 Å². The van der Waals surface area contributed by atoms with Crippen LogP contribution in [0.5, 0.6) is 11.6 Å². The number of hydrogen-bond acceptors (Lipinski definition) is 6. The number of H-pyrrole nitrogens is 1. The Morgan fingerprint density at radius 2 is 1.78 bits per heavy atom. The predicted molar refractivity (Wildman–Crippen MR) is 124 cm³/mol. The fourth-order valence-corrected chi connectivity index (χ4v) is 3.37. The molecule has 2 heterocycles. The van der Waals surface area contributed by atoms with Gasteiger partial charge in [0.2, 0.25) is 5.88 Å². The molecule has 0 aliphatic heterocycles. The van der Waals surface area contributed by atoms with Gasteiger partial charge in [-0.25, -0.2) is 9.78 Å². The van der Waals surface area contributed by atoms with E-state index in [1.54, 1.807) is 13.2 Å². The number of amides is 2. The largest absolute Gasteiger partial charge is 0.495 e. The van der Waals surface area contributed by atoms with Gasteiger partial charge < -0.3 is 20.1 Å². The van der Waals surface area contributed by atoms with Crippen molar-refractivity contribution in [2.24, 2.45) is 0 Å². The highest BCUT2D eigenvalue weighted by Gasteiger charge is 2.17. The number of hydrogen-bond donors (Lipinski definition) is 4. The van der Waals surface area contributed by atoms with Gasteiger partial charge in [-0.2, -0.15) is 0 Å². The summed E-state index contributed by atoms with van der Waals surface area (Å²) in [5.74, 6) is 1.85. The van der Waals surface area contributed by atoms with E-state index in [1.807, 2.05) is 61.5 Å². The minimum Gasteiger partial charge on any atom is -0.495 e. The van der Waals surface area contributed by atoms with Crippen LogP contribution in [0, 0.1) is 0 Å². The average Bonchev–Trinajstić information content (AvgIpc) is 3.23. The Balaban J connectivity index is 1.62. The summed E-state index contributed by atoms with van der Waals surface area (Å²) in [6.07, 6.45) is 0. The third kappa shape index (κ3) is 4.41. The normalized spacial score (nSPS) is 11.6. The van der Waals surface area contributed by atoms with E-state index in [1.165, 1.54) is 7.11 Å². The quantitative estimate of drug-likeness (QED) is 0.339. The summed E-state index contributed by atoms with van der Waals surface area (Å²) < 4.78 is 10.8. The first-order valence-electron chi connectivity index (χ1n) is 10.0. The van der Waals surface area contributed by atoms with Crippen molar-refractivity contribution in [3.8, 4) is 11.6 Å². The molecular formula is C23H24N6O3. The molecule has 2 aromatic heterocycles. The number of nitrogens with zero attached hydrogens (tertiary/aromatic N) is 2. The van der Waals surface area contributed by atoms with Gasteiger partial charge in [-0.15, -0.1) is 5.10 Å².